The van der Waals surface area contributed by atoms with Crippen molar-refractivity contribution in [2.75, 3.05) is 13.1 Å². The van der Waals surface area contributed by atoms with Crippen LogP contribution in [0.15, 0.2) is 40.8 Å². The number of pyridine rings is 1. The van der Waals surface area contributed by atoms with Gasteiger partial charge in [-0.05, 0) is 37.7 Å². The van der Waals surface area contributed by atoms with Crippen molar-refractivity contribution in [2.45, 2.75) is 33.2 Å². The van der Waals surface area contributed by atoms with E-state index >= 15 is 0 Å². The quantitative estimate of drug-likeness (QED) is 0.661. The number of rotatable bonds is 6. The Morgan fingerprint density at radius 2 is 1.95 bits per heavy atom. The molecule has 0 radical (unpaired) electrons. The number of benzene rings is 1. The molecule has 0 spiro atoms. The molecule has 0 saturated carbocycles. The normalized spacial score (nSPS) is 11.8. The number of furan rings is 1. The second kappa shape index (κ2) is 6.27. The van der Waals surface area contributed by atoms with Crippen LogP contribution < -0.4 is 0 Å². The minimum atomic E-state index is 0.746. The van der Waals surface area contributed by atoms with E-state index in [1.807, 2.05) is 18.2 Å². The maximum atomic E-state index is 5.94. The first-order valence-electron chi connectivity index (χ1n) is 7.80. The highest BCUT2D eigenvalue weighted by molar-refractivity contribution is 5.90. The molecule has 0 aliphatic heterocycles. The van der Waals surface area contributed by atoms with Crippen LogP contribution in [-0.2, 0) is 6.54 Å². The molecule has 0 atom stereocenters. The average Bonchev–Trinajstić information content (AvgIpc) is 2.90. The van der Waals surface area contributed by atoms with E-state index in [0.717, 1.165) is 47.4 Å². The second-order valence-corrected chi connectivity index (χ2v) is 5.51. The Hall–Kier alpha value is -1.87. The third-order valence-corrected chi connectivity index (χ3v) is 3.92. The molecule has 21 heavy (non-hydrogen) atoms. The van der Waals surface area contributed by atoms with E-state index in [9.17, 15) is 0 Å². The second-order valence-electron chi connectivity index (χ2n) is 5.51. The Morgan fingerprint density at radius 1 is 1.10 bits per heavy atom. The van der Waals surface area contributed by atoms with Crippen molar-refractivity contribution in [3.8, 4) is 0 Å². The minimum Gasteiger partial charge on any atom is -0.441 e. The molecule has 0 N–H and O–H groups in total. The smallest absolute Gasteiger partial charge is 0.226 e. The van der Waals surface area contributed by atoms with Crippen LogP contribution >= 0.6 is 0 Å². The molecule has 2 heterocycles. The van der Waals surface area contributed by atoms with Gasteiger partial charge in [0.25, 0.3) is 0 Å². The summed E-state index contributed by atoms with van der Waals surface area (Å²) in [5.41, 5.74) is 1.74. The molecular weight excluding hydrogens is 260 g/mol. The number of hydrogen-bond acceptors (Lipinski definition) is 3. The fraction of sp³-hybridized carbons (Fsp3) is 0.389. The molecule has 3 rings (SSSR count). The summed E-state index contributed by atoms with van der Waals surface area (Å²) in [6.45, 7) is 7.46. The van der Waals surface area contributed by atoms with Crippen LogP contribution in [0.4, 0.5) is 0 Å². The predicted octanol–water partition coefficient (Wildman–Crippen LogP) is 4.60. The van der Waals surface area contributed by atoms with E-state index in [1.165, 1.54) is 12.8 Å². The zero-order valence-corrected chi connectivity index (χ0v) is 12.8. The van der Waals surface area contributed by atoms with Gasteiger partial charge in [0.1, 0.15) is 5.76 Å². The van der Waals surface area contributed by atoms with Crippen LogP contribution in [0.25, 0.3) is 22.0 Å². The van der Waals surface area contributed by atoms with E-state index in [0.29, 0.717) is 0 Å². The lowest BCUT2D eigenvalue weighted by atomic mass is 10.2. The van der Waals surface area contributed by atoms with Gasteiger partial charge in [0.05, 0.1) is 12.1 Å². The fourth-order valence-electron chi connectivity index (χ4n) is 2.66. The van der Waals surface area contributed by atoms with Gasteiger partial charge in [-0.2, -0.15) is 0 Å². The molecule has 0 saturated heterocycles. The highest BCUT2D eigenvalue weighted by Crippen LogP contribution is 2.23. The van der Waals surface area contributed by atoms with E-state index in [2.05, 4.69) is 41.9 Å². The summed E-state index contributed by atoms with van der Waals surface area (Å²) in [6, 6.07) is 12.5. The molecule has 3 nitrogen and oxygen atoms in total. The van der Waals surface area contributed by atoms with Crippen LogP contribution in [0.2, 0.25) is 0 Å². The molecular formula is C18H22N2O. The summed E-state index contributed by atoms with van der Waals surface area (Å²) < 4.78 is 5.94. The van der Waals surface area contributed by atoms with E-state index in [-0.39, 0.29) is 0 Å². The van der Waals surface area contributed by atoms with Crippen molar-refractivity contribution in [2.24, 2.45) is 0 Å². The fourth-order valence-corrected chi connectivity index (χ4v) is 2.66. The highest BCUT2D eigenvalue weighted by Gasteiger charge is 2.10. The molecule has 110 valence electrons. The van der Waals surface area contributed by atoms with Crippen LogP contribution in [-0.4, -0.2) is 23.0 Å². The number of fused-ring (bicyclic) bond motifs is 2. The lowest BCUT2D eigenvalue weighted by molar-refractivity contribution is 0.254. The third kappa shape index (κ3) is 3.08. The van der Waals surface area contributed by atoms with Crippen LogP contribution in [0, 0.1) is 0 Å². The first kappa shape index (κ1) is 14.1. The Kier molecular flexibility index (Phi) is 4.20. The van der Waals surface area contributed by atoms with Gasteiger partial charge in [0.15, 0.2) is 0 Å². The number of nitrogens with zero attached hydrogens (tertiary/aromatic N) is 2. The maximum Gasteiger partial charge on any atom is 0.226 e. The molecule has 0 unspecified atom stereocenters. The molecule has 0 aliphatic carbocycles. The Labute approximate surface area is 125 Å². The van der Waals surface area contributed by atoms with Crippen molar-refractivity contribution < 1.29 is 4.42 Å². The minimum absolute atomic E-state index is 0.746. The number of para-hydroxylation sites is 1. The maximum absolute atomic E-state index is 5.94. The van der Waals surface area contributed by atoms with Crippen molar-refractivity contribution in [3.05, 3.63) is 42.2 Å². The van der Waals surface area contributed by atoms with Crippen molar-refractivity contribution in [3.63, 3.8) is 0 Å². The Morgan fingerprint density at radius 3 is 2.76 bits per heavy atom. The lowest BCUT2D eigenvalue weighted by Crippen LogP contribution is -2.23. The van der Waals surface area contributed by atoms with Crippen molar-refractivity contribution in [1.29, 1.82) is 0 Å². The van der Waals surface area contributed by atoms with Gasteiger partial charge in [0.2, 0.25) is 5.71 Å². The first-order chi connectivity index (χ1) is 10.3. The summed E-state index contributed by atoms with van der Waals surface area (Å²) in [4.78, 5) is 7.03. The Bertz CT molecular complexity index is 680. The highest BCUT2D eigenvalue weighted by atomic mass is 16.3. The van der Waals surface area contributed by atoms with Crippen molar-refractivity contribution >= 4 is 22.0 Å². The summed E-state index contributed by atoms with van der Waals surface area (Å²) in [5, 5.41) is 2.26. The van der Waals surface area contributed by atoms with Gasteiger partial charge in [-0.1, -0.05) is 38.5 Å². The van der Waals surface area contributed by atoms with Crippen LogP contribution in [0.1, 0.15) is 32.4 Å². The monoisotopic (exact) mass is 282 g/mol. The summed E-state index contributed by atoms with van der Waals surface area (Å²) in [6.07, 6.45) is 2.46. The van der Waals surface area contributed by atoms with Gasteiger partial charge in [-0.15, -0.1) is 0 Å². The lowest BCUT2D eigenvalue weighted by Gasteiger charge is -2.18. The molecule has 2 aromatic heterocycles. The molecule has 0 aliphatic rings. The van der Waals surface area contributed by atoms with E-state index in [1.54, 1.807) is 0 Å². The first-order valence-corrected chi connectivity index (χ1v) is 7.80. The molecule has 0 fully saturated rings. The molecule has 3 heteroatoms. The van der Waals surface area contributed by atoms with E-state index in [4.69, 9.17) is 4.42 Å². The summed E-state index contributed by atoms with van der Waals surface area (Å²) in [5.74, 6) is 1.01. The van der Waals surface area contributed by atoms with Gasteiger partial charge < -0.3 is 4.42 Å². The van der Waals surface area contributed by atoms with Crippen LogP contribution in [0.3, 0.4) is 0 Å². The van der Waals surface area contributed by atoms with Crippen molar-refractivity contribution in [1.82, 2.24) is 9.88 Å². The third-order valence-electron chi connectivity index (χ3n) is 3.92. The summed E-state index contributed by atoms with van der Waals surface area (Å²) in [7, 11) is 0. The van der Waals surface area contributed by atoms with Gasteiger partial charge >= 0.3 is 0 Å². The molecule has 0 amide bonds. The molecule has 0 bridgehead atoms. The summed E-state index contributed by atoms with van der Waals surface area (Å²) >= 11 is 0. The largest absolute Gasteiger partial charge is 0.441 e. The zero-order chi connectivity index (χ0) is 14.7. The SMILES string of the molecule is CCCCN(CC)Cc1cc2cc3ccccc3nc2o1. The van der Waals surface area contributed by atoms with Crippen LogP contribution in [0.5, 0.6) is 0 Å². The number of hydrogen-bond donors (Lipinski definition) is 0. The standard InChI is InChI=1S/C18H22N2O/c1-3-5-10-20(4-2)13-16-12-15-11-14-8-6-7-9-17(14)19-18(15)21-16/h6-9,11-12H,3-5,10,13H2,1-2H3. The Balaban J connectivity index is 1.87. The zero-order valence-electron chi connectivity index (χ0n) is 12.8. The number of unbranched alkanes of at least 4 members (excludes halogenated alkanes) is 1. The number of aromatic nitrogens is 1. The van der Waals surface area contributed by atoms with E-state index < -0.39 is 0 Å². The molecule has 3 aromatic rings. The van der Waals surface area contributed by atoms with Gasteiger partial charge in [-0.3, -0.25) is 4.90 Å². The average molecular weight is 282 g/mol. The van der Waals surface area contributed by atoms with Gasteiger partial charge in [-0.25, -0.2) is 4.98 Å². The van der Waals surface area contributed by atoms with Gasteiger partial charge in [0, 0.05) is 10.8 Å². The molecule has 1 aromatic carbocycles. The predicted molar refractivity (Wildman–Crippen MR) is 87.4 cm³/mol. The topological polar surface area (TPSA) is 29.3 Å².